The van der Waals surface area contributed by atoms with Crippen LogP contribution in [0.1, 0.15) is 26.5 Å². The maximum absolute atomic E-state index is 9.37. The van der Waals surface area contributed by atoms with Crippen molar-refractivity contribution in [3.63, 3.8) is 0 Å². The molecule has 1 heterocycles. The minimum absolute atomic E-state index is 0.0346. The molecule has 0 amide bonds. The number of nitriles is 1. The second-order valence-corrected chi connectivity index (χ2v) is 5.91. The van der Waals surface area contributed by atoms with Crippen LogP contribution in [0.2, 0.25) is 0 Å². The average Bonchev–Trinajstić information content (AvgIpc) is 2.51. The summed E-state index contributed by atoms with van der Waals surface area (Å²) in [6.45, 7) is 8.46. The summed E-state index contributed by atoms with van der Waals surface area (Å²) in [5.41, 5.74) is 7.84. The molecule has 2 aromatic rings. The smallest absolute Gasteiger partial charge is 0.187 e. The third-order valence-corrected chi connectivity index (χ3v) is 3.62. The van der Waals surface area contributed by atoms with Gasteiger partial charge in [-0.1, -0.05) is 32.0 Å². The van der Waals surface area contributed by atoms with Crippen LogP contribution in [0.15, 0.2) is 24.3 Å². The molecule has 110 valence electrons. The van der Waals surface area contributed by atoms with Crippen LogP contribution in [0.4, 0.5) is 5.69 Å². The van der Waals surface area contributed by atoms with Crippen LogP contribution in [0.25, 0.3) is 10.9 Å². The standard InChI is InChI=1S/C16H21N5/c1-4-21(11-16(2,3)10-18)15-12-7-5-6-8-13(12)19-20-14(15)9-17/h5-8H,4,10-11,18H2,1-3H3. The van der Waals surface area contributed by atoms with Crippen LogP contribution in [0.3, 0.4) is 0 Å². The SMILES string of the molecule is CCN(CC(C)(C)CN)c1c(C#N)nnc2ccccc12. The summed E-state index contributed by atoms with van der Waals surface area (Å²) < 4.78 is 0. The van der Waals surface area contributed by atoms with Crippen LogP contribution in [0.5, 0.6) is 0 Å². The highest BCUT2D eigenvalue weighted by Gasteiger charge is 2.23. The summed E-state index contributed by atoms with van der Waals surface area (Å²) >= 11 is 0. The van der Waals surface area contributed by atoms with Crippen molar-refractivity contribution in [3.8, 4) is 6.07 Å². The number of nitrogens with zero attached hydrogens (tertiary/aromatic N) is 4. The van der Waals surface area contributed by atoms with Gasteiger partial charge in [-0.2, -0.15) is 5.26 Å². The Balaban J connectivity index is 2.59. The molecule has 0 aliphatic rings. The summed E-state index contributed by atoms with van der Waals surface area (Å²) in [5.74, 6) is 0. The molecule has 0 spiro atoms. The van der Waals surface area contributed by atoms with Gasteiger partial charge in [0.15, 0.2) is 5.69 Å². The van der Waals surface area contributed by atoms with Crippen molar-refractivity contribution in [1.29, 1.82) is 5.26 Å². The minimum Gasteiger partial charge on any atom is -0.368 e. The molecular weight excluding hydrogens is 262 g/mol. The number of rotatable bonds is 5. The lowest BCUT2D eigenvalue weighted by Gasteiger charge is -2.33. The van der Waals surface area contributed by atoms with E-state index in [0.717, 1.165) is 29.7 Å². The van der Waals surface area contributed by atoms with Crippen LogP contribution < -0.4 is 10.6 Å². The van der Waals surface area contributed by atoms with Crippen molar-refractivity contribution in [2.45, 2.75) is 20.8 Å². The first kappa shape index (κ1) is 15.2. The topological polar surface area (TPSA) is 78.8 Å². The van der Waals surface area contributed by atoms with Crippen molar-refractivity contribution in [2.24, 2.45) is 11.1 Å². The molecule has 0 saturated carbocycles. The van der Waals surface area contributed by atoms with Gasteiger partial charge < -0.3 is 10.6 Å². The maximum Gasteiger partial charge on any atom is 0.187 e. The molecule has 0 saturated heterocycles. The fourth-order valence-electron chi connectivity index (χ4n) is 2.37. The normalized spacial score (nSPS) is 11.4. The van der Waals surface area contributed by atoms with Gasteiger partial charge in [0.2, 0.25) is 0 Å². The average molecular weight is 283 g/mol. The van der Waals surface area contributed by atoms with Gasteiger partial charge in [-0.25, -0.2) is 0 Å². The highest BCUT2D eigenvalue weighted by Crippen LogP contribution is 2.30. The van der Waals surface area contributed by atoms with Gasteiger partial charge in [0, 0.05) is 18.5 Å². The van der Waals surface area contributed by atoms with Gasteiger partial charge in [0.1, 0.15) is 6.07 Å². The van der Waals surface area contributed by atoms with Gasteiger partial charge in [-0.05, 0) is 24.9 Å². The number of nitrogens with two attached hydrogens (primary N) is 1. The summed E-state index contributed by atoms with van der Waals surface area (Å²) in [5, 5.41) is 18.5. The van der Waals surface area contributed by atoms with Gasteiger partial charge in [-0.15, -0.1) is 10.2 Å². The van der Waals surface area contributed by atoms with E-state index < -0.39 is 0 Å². The predicted octanol–water partition coefficient (Wildman–Crippen LogP) is 2.31. The summed E-state index contributed by atoms with van der Waals surface area (Å²) in [7, 11) is 0. The van der Waals surface area contributed by atoms with Crippen molar-refractivity contribution in [1.82, 2.24) is 10.2 Å². The number of aromatic nitrogens is 2. The van der Waals surface area contributed by atoms with Crippen molar-refractivity contribution in [3.05, 3.63) is 30.0 Å². The molecule has 5 nitrogen and oxygen atoms in total. The molecule has 2 rings (SSSR count). The number of fused-ring (bicyclic) bond motifs is 1. The number of hydrogen-bond acceptors (Lipinski definition) is 5. The lowest BCUT2D eigenvalue weighted by atomic mass is 9.92. The minimum atomic E-state index is -0.0346. The van der Waals surface area contributed by atoms with Crippen molar-refractivity contribution < 1.29 is 0 Å². The van der Waals surface area contributed by atoms with E-state index in [2.05, 4.69) is 41.9 Å². The van der Waals surface area contributed by atoms with E-state index in [-0.39, 0.29) is 5.41 Å². The zero-order valence-electron chi connectivity index (χ0n) is 12.8. The molecule has 0 aliphatic heterocycles. The van der Waals surface area contributed by atoms with Crippen LogP contribution in [0, 0.1) is 16.7 Å². The quantitative estimate of drug-likeness (QED) is 0.911. The summed E-state index contributed by atoms with van der Waals surface area (Å²) in [6, 6.07) is 9.93. The lowest BCUT2D eigenvalue weighted by Crippen LogP contribution is -2.39. The monoisotopic (exact) mass is 283 g/mol. The molecule has 0 unspecified atom stereocenters. The second-order valence-electron chi connectivity index (χ2n) is 5.91. The lowest BCUT2D eigenvalue weighted by molar-refractivity contribution is 0.380. The molecule has 1 aromatic carbocycles. The van der Waals surface area contributed by atoms with Crippen LogP contribution >= 0.6 is 0 Å². The summed E-state index contributed by atoms with van der Waals surface area (Å²) in [6.07, 6.45) is 0. The highest BCUT2D eigenvalue weighted by atomic mass is 15.2. The molecule has 5 heteroatoms. The first-order valence-corrected chi connectivity index (χ1v) is 7.13. The molecule has 0 fully saturated rings. The zero-order valence-corrected chi connectivity index (χ0v) is 12.8. The molecule has 1 aromatic heterocycles. The Morgan fingerprint density at radius 3 is 2.62 bits per heavy atom. The fraction of sp³-hybridized carbons (Fsp3) is 0.438. The Kier molecular flexibility index (Phi) is 4.39. The van der Waals surface area contributed by atoms with Gasteiger partial charge in [-0.3, -0.25) is 0 Å². The van der Waals surface area contributed by atoms with E-state index in [4.69, 9.17) is 5.73 Å². The van der Waals surface area contributed by atoms with E-state index in [1.54, 1.807) is 0 Å². The third kappa shape index (κ3) is 3.11. The number of hydrogen-bond donors (Lipinski definition) is 1. The number of anilines is 1. The Bertz CT molecular complexity index is 672. The van der Waals surface area contributed by atoms with E-state index in [9.17, 15) is 5.26 Å². The molecule has 0 radical (unpaired) electrons. The van der Waals surface area contributed by atoms with E-state index in [0.29, 0.717) is 12.2 Å². The maximum atomic E-state index is 9.37. The molecule has 2 N–H and O–H groups in total. The molecular formula is C16H21N5. The second kappa shape index (κ2) is 6.06. The van der Waals surface area contributed by atoms with E-state index in [1.165, 1.54) is 0 Å². The van der Waals surface area contributed by atoms with Gasteiger partial charge in [0.05, 0.1) is 11.2 Å². The number of benzene rings is 1. The zero-order chi connectivity index (χ0) is 15.5. The largest absolute Gasteiger partial charge is 0.368 e. The Labute approximate surface area is 125 Å². The molecule has 21 heavy (non-hydrogen) atoms. The van der Waals surface area contributed by atoms with E-state index in [1.807, 2.05) is 24.3 Å². The third-order valence-electron chi connectivity index (χ3n) is 3.62. The molecule has 0 atom stereocenters. The highest BCUT2D eigenvalue weighted by molar-refractivity contribution is 5.93. The van der Waals surface area contributed by atoms with Gasteiger partial charge in [0.25, 0.3) is 0 Å². The summed E-state index contributed by atoms with van der Waals surface area (Å²) in [4.78, 5) is 2.17. The fourth-order valence-corrected chi connectivity index (χ4v) is 2.37. The Morgan fingerprint density at radius 1 is 1.29 bits per heavy atom. The first-order chi connectivity index (χ1) is 10.0. The predicted molar refractivity (Wildman–Crippen MR) is 85.0 cm³/mol. The molecule has 0 bridgehead atoms. The van der Waals surface area contributed by atoms with Crippen molar-refractivity contribution in [2.75, 3.05) is 24.5 Å². The van der Waals surface area contributed by atoms with E-state index >= 15 is 0 Å². The Hall–Kier alpha value is -2.19. The Morgan fingerprint density at radius 2 is 2.00 bits per heavy atom. The van der Waals surface area contributed by atoms with Crippen LogP contribution in [-0.4, -0.2) is 29.8 Å². The molecule has 0 aliphatic carbocycles. The first-order valence-electron chi connectivity index (χ1n) is 7.13. The van der Waals surface area contributed by atoms with Crippen LogP contribution in [-0.2, 0) is 0 Å². The van der Waals surface area contributed by atoms with Gasteiger partial charge >= 0.3 is 0 Å². The van der Waals surface area contributed by atoms with Crippen molar-refractivity contribution >= 4 is 16.6 Å².